The van der Waals surface area contributed by atoms with E-state index < -0.39 is 11.7 Å². The summed E-state index contributed by atoms with van der Waals surface area (Å²) in [4.78, 5) is 0. The minimum Gasteiger partial charge on any atom is -0.387 e. The highest BCUT2D eigenvalue weighted by molar-refractivity contribution is 5.20. The molecule has 1 atom stereocenters. The number of rotatable bonds is 2. The van der Waals surface area contributed by atoms with Gasteiger partial charge in [0.25, 0.3) is 0 Å². The second-order valence-electron chi connectivity index (χ2n) is 4.03. The largest absolute Gasteiger partial charge is 0.387 e. The van der Waals surface area contributed by atoms with Crippen molar-refractivity contribution in [3.63, 3.8) is 0 Å². The minimum absolute atomic E-state index is 0.571. The van der Waals surface area contributed by atoms with Crippen molar-refractivity contribution < 1.29 is 10.2 Å². The zero-order valence-electron chi connectivity index (χ0n) is 7.29. The molecule has 1 saturated carbocycles. The van der Waals surface area contributed by atoms with Gasteiger partial charge in [-0.1, -0.05) is 6.08 Å². The molecule has 2 N–H and O–H groups in total. The monoisotopic (exact) mass is 168 g/mol. The topological polar surface area (TPSA) is 40.5 Å². The fourth-order valence-electron chi connectivity index (χ4n) is 1.86. The molecule has 0 amide bonds. The van der Waals surface area contributed by atoms with Crippen molar-refractivity contribution in [2.45, 2.75) is 50.2 Å². The fraction of sp³-hybridized carbons (Fsp3) is 0.800. The van der Waals surface area contributed by atoms with E-state index >= 15 is 0 Å². The zero-order chi connectivity index (χ0) is 8.60. The Kier molecular flexibility index (Phi) is 1.97. The minimum atomic E-state index is -0.747. The Morgan fingerprint density at radius 2 is 2.08 bits per heavy atom. The van der Waals surface area contributed by atoms with Gasteiger partial charge in [-0.3, -0.25) is 0 Å². The fourth-order valence-corrected chi connectivity index (χ4v) is 1.86. The number of hydrogen-bond donors (Lipinski definition) is 2. The van der Waals surface area contributed by atoms with Gasteiger partial charge in [-0.25, -0.2) is 0 Å². The van der Waals surface area contributed by atoms with Crippen LogP contribution < -0.4 is 0 Å². The summed E-state index contributed by atoms with van der Waals surface area (Å²) in [5.41, 5.74) is 0.324. The van der Waals surface area contributed by atoms with Gasteiger partial charge in [0.15, 0.2) is 0 Å². The Morgan fingerprint density at radius 3 is 2.58 bits per heavy atom. The molecule has 0 saturated heterocycles. The SMILES string of the molecule is O[C@H](C1=CCCCC1)C1(O)CC1. The number of allylic oxidation sites excluding steroid dienone is 1. The molecular formula is C10H16O2. The van der Waals surface area contributed by atoms with Gasteiger partial charge in [0, 0.05) is 0 Å². The van der Waals surface area contributed by atoms with E-state index in [0.717, 1.165) is 31.3 Å². The second kappa shape index (κ2) is 2.86. The first kappa shape index (κ1) is 8.27. The van der Waals surface area contributed by atoms with Crippen molar-refractivity contribution in [2.75, 3.05) is 0 Å². The Balaban J connectivity index is 2.02. The maximum atomic E-state index is 9.75. The standard InChI is InChI=1S/C10H16O2/c11-9(10(12)6-7-10)8-4-2-1-3-5-8/h4,9,11-12H,1-3,5-7H2/t9-/m1/s1. The second-order valence-corrected chi connectivity index (χ2v) is 4.03. The third kappa shape index (κ3) is 1.41. The molecule has 0 radical (unpaired) electrons. The average molecular weight is 168 g/mol. The molecule has 2 aliphatic rings. The van der Waals surface area contributed by atoms with Crippen LogP contribution in [0.2, 0.25) is 0 Å². The van der Waals surface area contributed by atoms with E-state index in [-0.39, 0.29) is 0 Å². The summed E-state index contributed by atoms with van der Waals surface area (Å²) in [6.45, 7) is 0. The van der Waals surface area contributed by atoms with Crippen molar-refractivity contribution in [1.29, 1.82) is 0 Å². The van der Waals surface area contributed by atoms with Crippen molar-refractivity contribution in [1.82, 2.24) is 0 Å². The molecule has 0 aromatic heterocycles. The van der Waals surface area contributed by atoms with Crippen molar-refractivity contribution in [3.05, 3.63) is 11.6 Å². The number of hydrogen-bond acceptors (Lipinski definition) is 2. The smallest absolute Gasteiger partial charge is 0.104 e. The predicted octanol–water partition coefficient (Wildman–Crippen LogP) is 1.37. The molecule has 1 fully saturated rings. The Morgan fingerprint density at radius 1 is 1.33 bits per heavy atom. The molecule has 2 nitrogen and oxygen atoms in total. The highest BCUT2D eigenvalue weighted by Crippen LogP contribution is 2.42. The molecule has 68 valence electrons. The van der Waals surface area contributed by atoms with Crippen LogP contribution in [0.15, 0.2) is 11.6 Å². The van der Waals surface area contributed by atoms with E-state index in [2.05, 4.69) is 6.08 Å². The highest BCUT2D eigenvalue weighted by atomic mass is 16.3. The highest BCUT2D eigenvalue weighted by Gasteiger charge is 2.48. The van der Waals surface area contributed by atoms with Gasteiger partial charge in [0.2, 0.25) is 0 Å². The molecule has 0 aliphatic heterocycles. The van der Waals surface area contributed by atoms with E-state index in [1.54, 1.807) is 0 Å². The van der Waals surface area contributed by atoms with Crippen molar-refractivity contribution in [2.24, 2.45) is 0 Å². The molecule has 0 heterocycles. The van der Waals surface area contributed by atoms with E-state index in [1.807, 2.05) is 0 Å². The summed E-state index contributed by atoms with van der Waals surface area (Å²) in [7, 11) is 0. The summed E-state index contributed by atoms with van der Waals surface area (Å²) < 4.78 is 0. The average Bonchev–Trinajstić information content (AvgIpc) is 2.85. The lowest BCUT2D eigenvalue weighted by atomic mass is 9.92. The maximum absolute atomic E-state index is 9.75. The zero-order valence-corrected chi connectivity index (χ0v) is 7.29. The first-order chi connectivity index (χ1) is 5.72. The van der Waals surface area contributed by atoms with E-state index in [9.17, 15) is 10.2 Å². The van der Waals surface area contributed by atoms with Gasteiger partial charge in [-0.15, -0.1) is 0 Å². The van der Waals surface area contributed by atoms with Gasteiger partial charge in [0.05, 0.1) is 5.60 Å². The lowest BCUT2D eigenvalue weighted by molar-refractivity contribution is 0.0189. The van der Waals surface area contributed by atoms with Crippen molar-refractivity contribution >= 4 is 0 Å². The summed E-state index contributed by atoms with van der Waals surface area (Å²) in [5.74, 6) is 0. The Hall–Kier alpha value is -0.340. The summed E-state index contributed by atoms with van der Waals surface area (Å²) in [6, 6.07) is 0. The third-order valence-electron chi connectivity index (χ3n) is 2.95. The van der Waals surface area contributed by atoms with Gasteiger partial charge in [-0.05, 0) is 44.1 Å². The normalized spacial score (nSPS) is 29.3. The molecule has 0 unspecified atom stereocenters. The molecule has 0 bridgehead atoms. The number of aliphatic hydroxyl groups is 2. The van der Waals surface area contributed by atoms with Gasteiger partial charge >= 0.3 is 0 Å². The molecule has 0 aromatic carbocycles. The van der Waals surface area contributed by atoms with E-state index in [1.165, 1.54) is 12.8 Å². The maximum Gasteiger partial charge on any atom is 0.104 e. The van der Waals surface area contributed by atoms with Crippen LogP contribution in [0.25, 0.3) is 0 Å². The quantitative estimate of drug-likeness (QED) is 0.611. The van der Waals surface area contributed by atoms with Crippen LogP contribution in [-0.2, 0) is 0 Å². The molecular weight excluding hydrogens is 152 g/mol. The van der Waals surface area contributed by atoms with Crippen molar-refractivity contribution in [3.8, 4) is 0 Å². The Bertz CT molecular complexity index is 204. The molecule has 0 spiro atoms. The molecule has 0 aromatic rings. The lowest BCUT2D eigenvalue weighted by Crippen LogP contribution is -2.30. The first-order valence-electron chi connectivity index (χ1n) is 4.82. The molecule has 2 rings (SSSR count). The number of aliphatic hydroxyl groups excluding tert-OH is 1. The van der Waals surface area contributed by atoms with E-state index in [0.29, 0.717) is 0 Å². The third-order valence-corrected chi connectivity index (χ3v) is 2.95. The summed E-state index contributed by atoms with van der Waals surface area (Å²) in [6.07, 6.45) is 7.51. The molecule has 12 heavy (non-hydrogen) atoms. The molecule has 2 aliphatic carbocycles. The van der Waals surface area contributed by atoms with Crippen LogP contribution in [-0.4, -0.2) is 21.9 Å². The van der Waals surface area contributed by atoms with E-state index in [4.69, 9.17) is 0 Å². The van der Waals surface area contributed by atoms with Crippen LogP contribution in [0.1, 0.15) is 38.5 Å². The Labute approximate surface area is 72.9 Å². The van der Waals surface area contributed by atoms with Gasteiger partial charge < -0.3 is 10.2 Å². The predicted molar refractivity (Wildman–Crippen MR) is 46.7 cm³/mol. The first-order valence-corrected chi connectivity index (χ1v) is 4.82. The van der Waals surface area contributed by atoms with Crippen LogP contribution >= 0.6 is 0 Å². The van der Waals surface area contributed by atoms with Crippen LogP contribution in [0, 0.1) is 0 Å². The van der Waals surface area contributed by atoms with Crippen LogP contribution in [0.3, 0.4) is 0 Å². The van der Waals surface area contributed by atoms with Crippen LogP contribution in [0.5, 0.6) is 0 Å². The summed E-state index contributed by atoms with van der Waals surface area (Å²) in [5, 5.41) is 19.4. The van der Waals surface area contributed by atoms with Gasteiger partial charge in [0.1, 0.15) is 6.10 Å². The summed E-state index contributed by atoms with van der Waals surface area (Å²) >= 11 is 0. The van der Waals surface area contributed by atoms with Crippen LogP contribution in [0.4, 0.5) is 0 Å². The lowest BCUT2D eigenvalue weighted by Gasteiger charge is -2.22. The van der Waals surface area contributed by atoms with Gasteiger partial charge in [-0.2, -0.15) is 0 Å². The molecule has 2 heteroatoms.